The maximum Gasteiger partial charge on any atom is 0.231 e. The maximum absolute atomic E-state index is 12.4. The summed E-state index contributed by atoms with van der Waals surface area (Å²) in [5.74, 6) is 1.97. The first-order chi connectivity index (χ1) is 64.5. The third kappa shape index (κ3) is 26.4. The molecular formula is C103H87Cl7N10O14. The molecule has 10 N–H and O–H groups in total. The summed E-state index contributed by atoms with van der Waals surface area (Å²) in [5.41, 5.74) is 21.4. The predicted molar refractivity (Wildman–Crippen MR) is 527 cm³/mol. The van der Waals surface area contributed by atoms with Crippen molar-refractivity contribution in [2.75, 3.05) is 21.0 Å². The van der Waals surface area contributed by atoms with Crippen molar-refractivity contribution in [2.45, 2.75) is 67.7 Å². The number of nitrogens with one attached hydrogen (secondary N) is 5. The Hall–Kier alpha value is -13.7. The van der Waals surface area contributed by atoms with Crippen molar-refractivity contribution in [3.63, 3.8) is 0 Å². The van der Waals surface area contributed by atoms with Crippen molar-refractivity contribution in [1.29, 1.82) is 0 Å². The van der Waals surface area contributed by atoms with Gasteiger partial charge in [0.1, 0.15) is 11.5 Å². The van der Waals surface area contributed by atoms with Gasteiger partial charge in [0.2, 0.25) is 6.79 Å². The number of ether oxygens (including phenoxy) is 4. The monoisotopic (exact) mass is 1930 g/mol. The number of aliphatic hydroxyl groups is 5. The standard InChI is InChI=1S/C22H21ClN2O4.2C21H19ClN2O3.C20H15ClN2O3.C19H13Cl3N2O/c1-13-7-14(3-5-19(13)23)21(28)6-4-17-10-20(25-24-17)15-8-16(11-26)18(12-27)22(9-15)29-2;1-13-7-15(3-5-19(13)22)21(26)6-4-17-11-20(24-23-17)16-8-14(12-25)9-18(10-16)27-2;1-13-8-15(4-6-19(13)22)21(27)7-5-18-10-20(24-23-18)14-2-3-16(11-25)17(9-14)12-26;1-12-8-14(2-5-16(12)21)18(24)6-4-15-10-17(23-22-15)13-3-7-19-20(9-13)26-11-25-19;1-11-8-13(3-5-15(11)20)19(25)7-4-14-10-18(24-23-14)12-2-6-16(21)17(22)9-12/h3-10,26-27H,11-12H2,1-2H3,(H,24,25);3-11,25H,12H2,1-2H3,(H,23,24);2-10,25-26H,11-12H2,1H3,(H,23,24);2-10H,11H2,1H3,(H,22,23);2-10H,1H3,(H,23,24)/b2*6-4+;7-5+;6-4+;7-4+. The van der Waals surface area contributed by atoms with Crippen LogP contribution in [0.5, 0.6) is 23.0 Å². The number of aromatic nitrogens is 10. The first-order valence-electron chi connectivity index (χ1n) is 41.1. The molecule has 0 saturated heterocycles. The van der Waals surface area contributed by atoms with Gasteiger partial charge in [-0.05, 0) is 334 Å². The number of hydrogen-bond donors (Lipinski definition) is 10. The normalized spacial score (nSPS) is 11.5. The van der Waals surface area contributed by atoms with Gasteiger partial charge in [-0.2, -0.15) is 25.5 Å². The van der Waals surface area contributed by atoms with Crippen molar-refractivity contribution >= 4 is 141 Å². The molecule has 1 aliphatic heterocycles. The minimum atomic E-state index is -0.236. The number of allylic oxidation sites excluding steroid dienone is 5. The Bertz CT molecular complexity index is 6950. The third-order valence-corrected chi connectivity index (χ3v) is 23.7. The Balaban J connectivity index is 0.000000151. The van der Waals surface area contributed by atoms with Crippen LogP contribution in [0.4, 0.5) is 0 Å². The molecule has 5 aromatic heterocycles. The van der Waals surface area contributed by atoms with E-state index >= 15 is 0 Å². The van der Waals surface area contributed by atoms with E-state index in [4.69, 9.17) is 100 Å². The maximum atomic E-state index is 12.4. The van der Waals surface area contributed by atoms with Gasteiger partial charge in [0.25, 0.3) is 0 Å². The summed E-state index contributed by atoms with van der Waals surface area (Å²) in [5, 5.41) is 87.0. The number of rotatable bonds is 27. The predicted octanol–water partition coefficient (Wildman–Crippen LogP) is 23.2. The Morgan fingerprint density at radius 1 is 0.313 bits per heavy atom. The number of fused-ring (bicyclic) bond motifs is 1. The van der Waals surface area contributed by atoms with E-state index in [0.29, 0.717) is 148 Å². The molecule has 0 fully saturated rings. The number of halogens is 7. The molecule has 0 radical (unpaired) electrons. The van der Waals surface area contributed by atoms with Crippen LogP contribution in [0.1, 0.15) is 136 Å². The lowest BCUT2D eigenvalue weighted by Gasteiger charge is -2.12. The number of hydrogen-bond acceptors (Lipinski definition) is 19. The summed E-state index contributed by atoms with van der Waals surface area (Å²) in [6.07, 6.45) is 15.8. The smallest absolute Gasteiger partial charge is 0.231 e. The molecule has 10 aromatic carbocycles. The molecule has 682 valence electrons. The van der Waals surface area contributed by atoms with Crippen LogP contribution in [0.3, 0.4) is 0 Å². The Morgan fingerprint density at radius 2 is 0.642 bits per heavy atom. The van der Waals surface area contributed by atoms with Gasteiger partial charge >= 0.3 is 0 Å². The first-order valence-corrected chi connectivity index (χ1v) is 43.8. The largest absolute Gasteiger partial charge is 0.497 e. The molecule has 0 aliphatic carbocycles. The van der Waals surface area contributed by atoms with E-state index in [1.54, 1.807) is 177 Å². The summed E-state index contributed by atoms with van der Waals surface area (Å²) in [6.45, 7) is 8.69. The number of carbonyl (C=O) groups excluding carboxylic acids is 5. The lowest BCUT2D eigenvalue weighted by Crippen LogP contribution is -1.99. The third-order valence-electron chi connectivity index (χ3n) is 20.8. The second kappa shape index (κ2) is 47.1. The zero-order valence-electron chi connectivity index (χ0n) is 72.9. The second-order valence-electron chi connectivity index (χ2n) is 30.2. The topological polar surface area (TPSA) is 367 Å². The molecular weight excluding hydrogens is 1850 g/mol. The van der Waals surface area contributed by atoms with Crippen molar-refractivity contribution in [3.8, 4) is 79.3 Å². The molecule has 6 heterocycles. The molecule has 0 spiro atoms. The Kier molecular flexibility index (Phi) is 34.9. The van der Waals surface area contributed by atoms with Crippen LogP contribution < -0.4 is 18.9 Å². The van der Waals surface area contributed by atoms with Gasteiger partial charge in [0.05, 0.1) is 114 Å². The molecule has 134 heavy (non-hydrogen) atoms. The summed E-state index contributed by atoms with van der Waals surface area (Å²) < 4.78 is 21.3. The van der Waals surface area contributed by atoms with Crippen LogP contribution in [0.2, 0.25) is 35.2 Å². The number of aromatic amines is 5. The number of ketones is 5. The number of carbonyl (C=O) groups is 5. The van der Waals surface area contributed by atoms with Gasteiger partial charge in [-0.15, -0.1) is 0 Å². The molecule has 0 unspecified atom stereocenters. The van der Waals surface area contributed by atoms with Gasteiger partial charge in [-0.1, -0.05) is 99.4 Å². The summed E-state index contributed by atoms with van der Waals surface area (Å²) in [6, 6.07) is 60.3. The van der Waals surface area contributed by atoms with Crippen LogP contribution in [0.15, 0.2) is 237 Å². The van der Waals surface area contributed by atoms with Crippen LogP contribution in [0.25, 0.3) is 86.7 Å². The zero-order chi connectivity index (χ0) is 95.8. The van der Waals surface area contributed by atoms with Gasteiger partial charge in [0, 0.05) is 86.3 Å². The first kappa shape index (κ1) is 99.3. The van der Waals surface area contributed by atoms with Crippen LogP contribution >= 0.6 is 81.2 Å². The average Bonchev–Trinajstić information content (AvgIpc) is 1.43. The molecule has 24 nitrogen and oxygen atoms in total. The van der Waals surface area contributed by atoms with E-state index in [1.165, 1.54) is 37.5 Å². The number of aryl methyl sites for hydroxylation is 5. The quantitative estimate of drug-likeness (QED) is 0.0169. The van der Waals surface area contributed by atoms with E-state index in [2.05, 4.69) is 51.0 Å². The SMILES string of the molecule is COc1cc(-c2cc(/C=C/C(=O)c3ccc(Cl)c(C)c3)[nH]n2)cc(CO)c1CO.COc1cc(CO)cc(-c2cc(/C=C/C(=O)c3ccc(Cl)c(C)c3)[nH]n2)c1.Cc1cc(C(=O)/C=C/c2cc(-c3ccc(CO)c(CO)c3)n[nH]2)ccc1Cl.Cc1cc(C(=O)/C=C/c2cc(-c3ccc(Cl)c(Cl)c3)n[nH]2)ccc1Cl.Cc1cc(C(=O)/C=C/c2cc(-c3ccc4c(c3)OCO4)n[nH]2)ccc1Cl. The van der Waals surface area contributed by atoms with Gasteiger partial charge in [-0.3, -0.25) is 49.5 Å². The lowest BCUT2D eigenvalue weighted by molar-refractivity contribution is 0.103. The Morgan fingerprint density at radius 3 is 0.985 bits per heavy atom. The number of methoxy groups -OCH3 is 2. The van der Waals surface area contributed by atoms with Gasteiger partial charge < -0.3 is 44.5 Å². The molecule has 0 amide bonds. The van der Waals surface area contributed by atoms with Crippen LogP contribution in [-0.2, 0) is 33.0 Å². The van der Waals surface area contributed by atoms with E-state index in [-0.39, 0.29) is 68.7 Å². The summed E-state index contributed by atoms with van der Waals surface area (Å²) in [4.78, 5) is 61.5. The van der Waals surface area contributed by atoms with E-state index in [1.807, 2.05) is 101 Å². The molecule has 0 saturated carbocycles. The van der Waals surface area contributed by atoms with Gasteiger partial charge in [0.15, 0.2) is 40.4 Å². The van der Waals surface area contributed by atoms with Crippen molar-refractivity contribution in [3.05, 3.63) is 384 Å². The number of benzene rings is 10. The summed E-state index contributed by atoms with van der Waals surface area (Å²) >= 11 is 41.9. The highest BCUT2D eigenvalue weighted by Gasteiger charge is 2.20. The van der Waals surface area contributed by atoms with Gasteiger partial charge in [-0.25, -0.2) is 0 Å². The fraction of sp³-hybridized carbons (Fsp3) is 0.126. The molecule has 16 rings (SSSR count). The molecule has 31 heteroatoms. The number of nitrogens with zero attached hydrogens (tertiary/aromatic N) is 5. The van der Waals surface area contributed by atoms with Crippen LogP contribution in [-0.4, -0.2) is 126 Å². The highest BCUT2D eigenvalue weighted by molar-refractivity contribution is 6.42. The molecule has 0 bridgehead atoms. The van der Waals surface area contributed by atoms with E-state index in [9.17, 15) is 49.5 Å². The molecule has 0 atom stereocenters. The summed E-state index contributed by atoms with van der Waals surface area (Å²) in [7, 11) is 3.07. The fourth-order valence-electron chi connectivity index (χ4n) is 13.3. The minimum Gasteiger partial charge on any atom is -0.497 e. The minimum absolute atomic E-state index is 0.0869. The Labute approximate surface area is 805 Å². The number of aliphatic hydroxyl groups excluding tert-OH is 5. The zero-order valence-corrected chi connectivity index (χ0v) is 78.2. The van der Waals surface area contributed by atoms with Crippen molar-refractivity contribution in [1.82, 2.24) is 51.0 Å². The van der Waals surface area contributed by atoms with Crippen LogP contribution in [0, 0.1) is 34.6 Å². The highest BCUT2D eigenvalue weighted by Crippen LogP contribution is 2.38. The molecule has 15 aromatic rings. The highest BCUT2D eigenvalue weighted by atomic mass is 35.5. The molecule has 1 aliphatic rings. The van der Waals surface area contributed by atoms with E-state index < -0.39 is 0 Å². The van der Waals surface area contributed by atoms with Crippen molar-refractivity contribution < 1.29 is 68.5 Å². The second-order valence-corrected chi connectivity index (χ2v) is 33.1. The lowest BCUT2D eigenvalue weighted by atomic mass is 10.0. The fourth-order valence-corrected chi connectivity index (χ4v) is 14.2. The van der Waals surface area contributed by atoms with Crippen molar-refractivity contribution in [2.24, 2.45) is 0 Å². The number of H-pyrrole nitrogens is 5. The van der Waals surface area contributed by atoms with E-state index in [0.717, 1.165) is 78.3 Å². The average molecular weight is 1940 g/mol.